The third-order valence-electron chi connectivity index (χ3n) is 3.52. The molecule has 1 aliphatic rings. The van der Waals surface area contributed by atoms with Crippen LogP contribution in [-0.2, 0) is 6.42 Å². The van der Waals surface area contributed by atoms with E-state index in [1.165, 1.54) is 11.3 Å². The Morgan fingerprint density at radius 1 is 1.33 bits per heavy atom. The topological polar surface area (TPSA) is 35.5 Å². The van der Waals surface area contributed by atoms with Crippen molar-refractivity contribution in [3.63, 3.8) is 0 Å². The second-order valence-corrected chi connectivity index (χ2v) is 5.36. The van der Waals surface area contributed by atoms with Crippen LogP contribution >= 0.6 is 0 Å². The largest absolute Gasteiger partial charge is 0.395 e. The summed E-state index contributed by atoms with van der Waals surface area (Å²) in [7, 11) is 0. The van der Waals surface area contributed by atoms with E-state index in [1.54, 1.807) is 0 Å². The van der Waals surface area contributed by atoms with Crippen molar-refractivity contribution in [2.45, 2.75) is 38.8 Å². The van der Waals surface area contributed by atoms with Gasteiger partial charge in [-0.2, -0.15) is 0 Å². The van der Waals surface area contributed by atoms with Gasteiger partial charge in [0.25, 0.3) is 0 Å². The summed E-state index contributed by atoms with van der Waals surface area (Å²) in [4.78, 5) is 2.43. The molecule has 0 aromatic heterocycles. The average molecular weight is 248 g/mol. The maximum atomic E-state index is 9.36. The van der Waals surface area contributed by atoms with Gasteiger partial charge in [-0.1, -0.05) is 32.0 Å². The van der Waals surface area contributed by atoms with Crippen molar-refractivity contribution in [2.75, 3.05) is 24.6 Å². The summed E-state index contributed by atoms with van der Waals surface area (Å²) in [6.07, 6.45) is 2.14. The Morgan fingerprint density at radius 2 is 2.11 bits per heavy atom. The lowest BCUT2D eigenvalue weighted by Gasteiger charge is -2.24. The molecule has 2 N–H and O–H groups in total. The fourth-order valence-electron chi connectivity index (χ4n) is 2.65. The number of hydrogen-bond acceptors (Lipinski definition) is 3. The number of fused-ring (bicyclic) bond motifs is 1. The number of para-hydroxylation sites is 1. The van der Waals surface area contributed by atoms with Gasteiger partial charge in [-0.05, 0) is 24.5 Å². The van der Waals surface area contributed by atoms with Gasteiger partial charge in [-0.3, -0.25) is 0 Å². The Hall–Kier alpha value is -1.06. The Bertz CT molecular complexity index is 379. The minimum absolute atomic E-state index is 0.206. The number of rotatable bonds is 6. The zero-order valence-electron chi connectivity index (χ0n) is 11.4. The van der Waals surface area contributed by atoms with Crippen LogP contribution in [0.4, 0.5) is 5.69 Å². The fraction of sp³-hybridized carbons (Fsp3) is 0.600. The van der Waals surface area contributed by atoms with Gasteiger partial charge in [0.1, 0.15) is 0 Å². The van der Waals surface area contributed by atoms with E-state index in [2.05, 4.69) is 48.3 Å². The highest BCUT2D eigenvalue weighted by Crippen LogP contribution is 2.27. The van der Waals surface area contributed by atoms with Gasteiger partial charge >= 0.3 is 0 Å². The normalized spacial score (nSPS) is 16.1. The zero-order valence-corrected chi connectivity index (χ0v) is 11.4. The van der Waals surface area contributed by atoms with E-state index >= 15 is 0 Å². The lowest BCUT2D eigenvalue weighted by atomic mass is 10.1. The first-order chi connectivity index (χ1) is 8.70. The Morgan fingerprint density at radius 3 is 2.83 bits per heavy atom. The molecule has 0 radical (unpaired) electrons. The quantitative estimate of drug-likeness (QED) is 0.806. The minimum atomic E-state index is 0.206. The molecule has 0 bridgehead atoms. The van der Waals surface area contributed by atoms with Gasteiger partial charge in [-0.15, -0.1) is 0 Å². The van der Waals surface area contributed by atoms with E-state index < -0.39 is 0 Å². The van der Waals surface area contributed by atoms with Crippen molar-refractivity contribution >= 4 is 5.69 Å². The smallest absolute Gasteiger partial charge is 0.0585 e. The average Bonchev–Trinajstić information content (AvgIpc) is 2.77. The first-order valence-corrected chi connectivity index (χ1v) is 6.90. The summed E-state index contributed by atoms with van der Waals surface area (Å²) in [5, 5.41) is 12.8. The van der Waals surface area contributed by atoms with E-state index in [0.29, 0.717) is 6.04 Å². The third-order valence-corrected chi connectivity index (χ3v) is 3.52. The molecule has 3 nitrogen and oxygen atoms in total. The molecule has 18 heavy (non-hydrogen) atoms. The summed E-state index contributed by atoms with van der Waals surface area (Å²) in [6, 6.07) is 9.26. The van der Waals surface area contributed by atoms with Crippen LogP contribution in [0.1, 0.15) is 25.8 Å². The van der Waals surface area contributed by atoms with Crippen LogP contribution in [0.3, 0.4) is 0 Å². The van der Waals surface area contributed by atoms with Crippen molar-refractivity contribution in [2.24, 2.45) is 0 Å². The number of benzene rings is 1. The monoisotopic (exact) mass is 248 g/mol. The summed E-state index contributed by atoms with van der Waals surface area (Å²) in [5.74, 6) is 0. The zero-order chi connectivity index (χ0) is 13.0. The molecule has 3 heteroatoms. The Balaban J connectivity index is 1.88. The van der Waals surface area contributed by atoms with Crippen LogP contribution in [0.15, 0.2) is 24.3 Å². The number of aliphatic hydroxyl groups excluding tert-OH is 1. The molecule has 0 fully saturated rings. The van der Waals surface area contributed by atoms with Gasteiger partial charge in [0.05, 0.1) is 6.61 Å². The molecule has 0 saturated heterocycles. The van der Waals surface area contributed by atoms with Crippen LogP contribution in [-0.4, -0.2) is 36.9 Å². The highest BCUT2D eigenvalue weighted by atomic mass is 16.3. The van der Waals surface area contributed by atoms with Crippen molar-refractivity contribution < 1.29 is 5.11 Å². The van der Waals surface area contributed by atoms with Crippen molar-refractivity contribution in [3.8, 4) is 0 Å². The molecule has 1 aromatic rings. The van der Waals surface area contributed by atoms with Crippen LogP contribution in [0.2, 0.25) is 0 Å². The van der Waals surface area contributed by atoms with Crippen LogP contribution in [0, 0.1) is 0 Å². The van der Waals surface area contributed by atoms with E-state index in [9.17, 15) is 5.11 Å². The van der Waals surface area contributed by atoms with E-state index in [1.807, 2.05) is 0 Å². The van der Waals surface area contributed by atoms with E-state index in [4.69, 9.17) is 0 Å². The number of nitrogens with zero attached hydrogens (tertiary/aromatic N) is 1. The highest BCUT2D eigenvalue weighted by Gasteiger charge is 2.19. The van der Waals surface area contributed by atoms with Crippen LogP contribution in [0.5, 0.6) is 0 Å². The fourth-order valence-corrected chi connectivity index (χ4v) is 2.65. The van der Waals surface area contributed by atoms with E-state index in [0.717, 1.165) is 25.9 Å². The molecule has 0 saturated carbocycles. The van der Waals surface area contributed by atoms with Crippen molar-refractivity contribution in [1.29, 1.82) is 0 Å². The number of anilines is 1. The molecule has 100 valence electrons. The Labute approximate surface area is 110 Å². The second kappa shape index (κ2) is 6.21. The van der Waals surface area contributed by atoms with Crippen molar-refractivity contribution in [1.82, 2.24) is 5.32 Å². The summed E-state index contributed by atoms with van der Waals surface area (Å²) in [6.45, 7) is 6.58. The van der Waals surface area contributed by atoms with Gasteiger partial charge in [0, 0.05) is 30.9 Å². The van der Waals surface area contributed by atoms with Gasteiger partial charge in [0.2, 0.25) is 0 Å². The standard InChI is InChI=1S/C15H24N2O/c1-12(2)16-14(11-18)8-10-17-9-7-13-5-3-4-6-15(13)17/h3-6,12,14,16,18H,7-11H2,1-2H3. The minimum Gasteiger partial charge on any atom is -0.395 e. The molecule has 1 heterocycles. The van der Waals surface area contributed by atoms with Crippen LogP contribution < -0.4 is 10.2 Å². The van der Waals surface area contributed by atoms with Gasteiger partial charge in [-0.25, -0.2) is 0 Å². The number of nitrogens with one attached hydrogen (secondary N) is 1. The summed E-state index contributed by atoms with van der Waals surface area (Å²) in [5.41, 5.74) is 2.83. The summed E-state index contributed by atoms with van der Waals surface area (Å²) < 4.78 is 0. The number of hydrogen-bond donors (Lipinski definition) is 2. The highest BCUT2D eigenvalue weighted by molar-refractivity contribution is 5.57. The molecule has 1 aromatic carbocycles. The maximum Gasteiger partial charge on any atom is 0.0585 e. The van der Waals surface area contributed by atoms with Gasteiger partial charge in [0.15, 0.2) is 0 Å². The molecular formula is C15H24N2O. The molecule has 1 unspecified atom stereocenters. The summed E-state index contributed by atoms with van der Waals surface area (Å²) >= 11 is 0. The third kappa shape index (κ3) is 3.24. The van der Waals surface area contributed by atoms with Crippen LogP contribution in [0.25, 0.3) is 0 Å². The number of aliphatic hydroxyl groups is 1. The predicted octanol–water partition coefficient (Wildman–Crippen LogP) is 1.80. The Kier molecular flexibility index (Phi) is 4.61. The first-order valence-electron chi connectivity index (χ1n) is 6.90. The molecular weight excluding hydrogens is 224 g/mol. The molecule has 2 rings (SSSR count). The SMILES string of the molecule is CC(C)NC(CO)CCN1CCc2ccccc21. The van der Waals surface area contributed by atoms with Crippen molar-refractivity contribution in [3.05, 3.63) is 29.8 Å². The molecule has 0 amide bonds. The maximum absolute atomic E-state index is 9.36. The molecule has 0 spiro atoms. The second-order valence-electron chi connectivity index (χ2n) is 5.36. The molecule has 1 atom stereocenters. The van der Waals surface area contributed by atoms with E-state index in [-0.39, 0.29) is 12.6 Å². The lowest BCUT2D eigenvalue weighted by molar-refractivity contribution is 0.229. The first kappa shape index (κ1) is 13.4. The predicted molar refractivity (Wildman–Crippen MR) is 76.1 cm³/mol. The molecule has 0 aliphatic carbocycles. The lowest BCUT2D eigenvalue weighted by Crippen LogP contribution is -2.40. The molecule has 1 aliphatic heterocycles. The van der Waals surface area contributed by atoms with Gasteiger partial charge < -0.3 is 15.3 Å².